The summed E-state index contributed by atoms with van der Waals surface area (Å²) in [5, 5.41) is 9.14. The first kappa shape index (κ1) is 18.3. The summed E-state index contributed by atoms with van der Waals surface area (Å²) in [5.41, 5.74) is 1.46. The number of benzene rings is 2. The van der Waals surface area contributed by atoms with Crippen LogP contribution in [-0.4, -0.2) is 42.6 Å². The molecule has 0 bridgehead atoms. The molecule has 0 unspecified atom stereocenters. The largest absolute Gasteiger partial charge is 0.496 e. The lowest BCUT2D eigenvalue weighted by Crippen LogP contribution is -2.36. The molecule has 2 aromatic rings. The van der Waals surface area contributed by atoms with Gasteiger partial charge < -0.3 is 19.5 Å². The van der Waals surface area contributed by atoms with Gasteiger partial charge in [0.15, 0.2) is 0 Å². The van der Waals surface area contributed by atoms with E-state index in [9.17, 15) is 9.59 Å². The molecule has 0 fully saturated rings. The van der Waals surface area contributed by atoms with E-state index in [1.807, 2.05) is 30.3 Å². The van der Waals surface area contributed by atoms with Crippen LogP contribution >= 0.6 is 0 Å². The molecule has 2 aromatic carbocycles. The number of hydrogen-bond donors (Lipinski definition) is 1. The maximum absolute atomic E-state index is 12.7. The van der Waals surface area contributed by atoms with Crippen LogP contribution in [0, 0.1) is 0 Å². The van der Waals surface area contributed by atoms with E-state index in [0.29, 0.717) is 17.1 Å². The molecule has 0 heterocycles. The smallest absolute Gasteiger partial charge is 0.323 e. The molecule has 0 saturated heterocycles. The number of aliphatic carboxylic acids is 1. The number of hydrogen-bond acceptors (Lipinski definition) is 4. The lowest BCUT2D eigenvalue weighted by Gasteiger charge is -2.22. The predicted octanol–water partition coefficient (Wildman–Crippen LogP) is 2.36. The van der Waals surface area contributed by atoms with Crippen molar-refractivity contribution in [3.8, 4) is 11.5 Å². The minimum Gasteiger partial charge on any atom is -0.496 e. The Morgan fingerprint density at radius 2 is 1.56 bits per heavy atom. The number of rotatable bonds is 8. The van der Waals surface area contributed by atoms with Gasteiger partial charge in [0.25, 0.3) is 0 Å². The molecule has 0 atom stereocenters. The topological polar surface area (TPSA) is 76.1 Å². The molecule has 0 radical (unpaired) electrons. The Kier molecular flexibility index (Phi) is 6.39. The van der Waals surface area contributed by atoms with E-state index in [-0.39, 0.29) is 25.4 Å². The Bertz CT molecular complexity index is 708. The number of methoxy groups -OCH3 is 2. The molecule has 6 heteroatoms. The molecular weight excluding hydrogens is 322 g/mol. The van der Waals surface area contributed by atoms with Crippen molar-refractivity contribution in [2.45, 2.75) is 13.0 Å². The van der Waals surface area contributed by atoms with Gasteiger partial charge in [0.1, 0.15) is 18.0 Å². The van der Waals surface area contributed by atoms with Crippen LogP contribution in [-0.2, 0) is 22.6 Å². The van der Waals surface area contributed by atoms with E-state index in [0.717, 1.165) is 5.56 Å². The summed E-state index contributed by atoms with van der Waals surface area (Å²) in [6.07, 6.45) is -0.00665. The van der Waals surface area contributed by atoms with Crippen molar-refractivity contribution in [3.63, 3.8) is 0 Å². The van der Waals surface area contributed by atoms with Gasteiger partial charge in [-0.15, -0.1) is 0 Å². The minimum atomic E-state index is -1.06. The van der Waals surface area contributed by atoms with Crippen molar-refractivity contribution in [1.29, 1.82) is 0 Å². The van der Waals surface area contributed by atoms with Crippen molar-refractivity contribution in [3.05, 3.63) is 59.7 Å². The second kappa shape index (κ2) is 8.73. The first-order valence-electron chi connectivity index (χ1n) is 7.78. The van der Waals surface area contributed by atoms with E-state index in [2.05, 4.69) is 0 Å². The molecule has 2 rings (SSSR count). The van der Waals surface area contributed by atoms with E-state index in [1.165, 1.54) is 19.1 Å². The first-order valence-corrected chi connectivity index (χ1v) is 7.78. The van der Waals surface area contributed by atoms with Gasteiger partial charge in [0.05, 0.1) is 20.6 Å². The van der Waals surface area contributed by atoms with Crippen molar-refractivity contribution in [2.24, 2.45) is 0 Å². The van der Waals surface area contributed by atoms with Crippen LogP contribution in [0.2, 0.25) is 0 Å². The highest BCUT2D eigenvalue weighted by atomic mass is 16.5. The van der Waals surface area contributed by atoms with Crippen molar-refractivity contribution >= 4 is 11.9 Å². The molecule has 1 N–H and O–H groups in total. The zero-order chi connectivity index (χ0) is 18.2. The minimum absolute atomic E-state index is 0.00665. The third-order valence-corrected chi connectivity index (χ3v) is 3.75. The summed E-state index contributed by atoms with van der Waals surface area (Å²) < 4.78 is 10.6. The lowest BCUT2D eigenvalue weighted by molar-refractivity contribution is -0.144. The lowest BCUT2D eigenvalue weighted by atomic mass is 10.1. The zero-order valence-corrected chi connectivity index (χ0v) is 14.3. The van der Waals surface area contributed by atoms with Crippen LogP contribution in [0.4, 0.5) is 0 Å². The summed E-state index contributed by atoms with van der Waals surface area (Å²) >= 11 is 0. The van der Waals surface area contributed by atoms with Gasteiger partial charge in [0.2, 0.25) is 5.91 Å². The fourth-order valence-electron chi connectivity index (χ4n) is 2.56. The summed E-state index contributed by atoms with van der Waals surface area (Å²) in [4.78, 5) is 25.2. The average Bonchev–Trinajstić information content (AvgIpc) is 2.61. The van der Waals surface area contributed by atoms with Crippen molar-refractivity contribution < 1.29 is 24.2 Å². The predicted molar refractivity (Wildman–Crippen MR) is 92.7 cm³/mol. The number of ether oxygens (including phenoxy) is 2. The number of amides is 1. The molecule has 0 aliphatic rings. The Balaban J connectivity index is 2.24. The van der Waals surface area contributed by atoms with Gasteiger partial charge in [-0.25, -0.2) is 0 Å². The summed E-state index contributed by atoms with van der Waals surface area (Å²) in [5.74, 6) is -0.310. The van der Waals surface area contributed by atoms with Gasteiger partial charge in [-0.2, -0.15) is 0 Å². The van der Waals surface area contributed by atoms with Gasteiger partial charge in [-0.1, -0.05) is 36.4 Å². The summed E-state index contributed by atoms with van der Waals surface area (Å²) in [6.45, 7) is -0.144. The molecular formula is C19H21NO5. The molecule has 132 valence electrons. The SMILES string of the molecule is COc1cccc(OC)c1CC(=O)N(CC(=O)O)Cc1ccccc1. The molecule has 25 heavy (non-hydrogen) atoms. The highest BCUT2D eigenvalue weighted by molar-refractivity contribution is 5.84. The van der Waals surface area contributed by atoms with Crippen LogP contribution in [0.5, 0.6) is 11.5 Å². The number of carbonyl (C=O) groups excluding carboxylic acids is 1. The van der Waals surface area contributed by atoms with E-state index in [4.69, 9.17) is 14.6 Å². The molecule has 0 spiro atoms. The van der Waals surface area contributed by atoms with Crippen LogP contribution < -0.4 is 9.47 Å². The van der Waals surface area contributed by atoms with Gasteiger partial charge in [0, 0.05) is 12.1 Å². The fraction of sp³-hybridized carbons (Fsp3) is 0.263. The number of nitrogens with zero attached hydrogens (tertiary/aromatic N) is 1. The highest BCUT2D eigenvalue weighted by Crippen LogP contribution is 2.29. The Morgan fingerprint density at radius 1 is 0.960 bits per heavy atom. The molecule has 1 amide bonds. The van der Waals surface area contributed by atoms with Crippen molar-refractivity contribution in [2.75, 3.05) is 20.8 Å². The first-order chi connectivity index (χ1) is 12.0. The van der Waals surface area contributed by atoms with Crippen LogP contribution in [0.1, 0.15) is 11.1 Å². The normalized spacial score (nSPS) is 10.2. The van der Waals surface area contributed by atoms with Crippen molar-refractivity contribution in [1.82, 2.24) is 4.90 Å². The van der Waals surface area contributed by atoms with Gasteiger partial charge in [-0.05, 0) is 17.7 Å². The number of carboxylic acids is 1. The molecule has 0 aliphatic heterocycles. The zero-order valence-electron chi connectivity index (χ0n) is 14.3. The second-order valence-electron chi connectivity index (χ2n) is 5.45. The third-order valence-electron chi connectivity index (χ3n) is 3.75. The number of carbonyl (C=O) groups is 2. The van der Waals surface area contributed by atoms with Gasteiger partial charge in [-0.3, -0.25) is 9.59 Å². The monoisotopic (exact) mass is 343 g/mol. The summed E-state index contributed by atoms with van der Waals surface area (Å²) in [6, 6.07) is 14.5. The van der Waals surface area contributed by atoms with Crippen LogP contribution in [0.25, 0.3) is 0 Å². The third kappa shape index (κ3) is 4.97. The second-order valence-corrected chi connectivity index (χ2v) is 5.45. The van der Waals surface area contributed by atoms with Crippen LogP contribution in [0.3, 0.4) is 0 Å². The molecule has 0 aliphatic carbocycles. The standard InChI is InChI=1S/C19H21NO5/c1-24-16-9-6-10-17(25-2)15(16)11-18(21)20(13-19(22)23)12-14-7-4-3-5-8-14/h3-10H,11-13H2,1-2H3,(H,22,23). The maximum Gasteiger partial charge on any atom is 0.323 e. The fourth-order valence-corrected chi connectivity index (χ4v) is 2.56. The Labute approximate surface area is 146 Å². The molecule has 0 saturated carbocycles. The molecule has 6 nitrogen and oxygen atoms in total. The summed E-state index contributed by atoms with van der Waals surface area (Å²) in [7, 11) is 3.03. The number of carboxylic acid groups (broad SMARTS) is 1. The van der Waals surface area contributed by atoms with E-state index in [1.54, 1.807) is 18.2 Å². The maximum atomic E-state index is 12.7. The Hall–Kier alpha value is -3.02. The quantitative estimate of drug-likeness (QED) is 0.796. The van der Waals surface area contributed by atoms with Crippen LogP contribution in [0.15, 0.2) is 48.5 Å². The highest BCUT2D eigenvalue weighted by Gasteiger charge is 2.21. The van der Waals surface area contributed by atoms with E-state index >= 15 is 0 Å². The average molecular weight is 343 g/mol. The van der Waals surface area contributed by atoms with E-state index < -0.39 is 5.97 Å². The Morgan fingerprint density at radius 3 is 2.08 bits per heavy atom. The van der Waals surface area contributed by atoms with Gasteiger partial charge >= 0.3 is 5.97 Å². The molecule has 0 aromatic heterocycles.